The van der Waals surface area contributed by atoms with Crippen LogP contribution < -0.4 is 5.19 Å². The number of hydrogen-bond donors (Lipinski definition) is 0. The first-order valence-electron chi connectivity index (χ1n) is 10.1. The van der Waals surface area contributed by atoms with Crippen LogP contribution in [0, 0.1) is 0 Å². The average Bonchev–Trinajstić information content (AvgIpc) is 2.56. The molecule has 6 heteroatoms. The van der Waals surface area contributed by atoms with Gasteiger partial charge in [0.15, 0.2) is 0 Å². The number of hydrogen-bond acceptors (Lipinski definition) is 3. The van der Waals surface area contributed by atoms with Gasteiger partial charge in [-0.25, -0.2) is 0 Å². The van der Waals surface area contributed by atoms with Gasteiger partial charge < -0.3 is 13.1 Å². The molecule has 0 bridgehead atoms. The number of rotatable bonds is 11. The fraction of sp³-hybridized carbons (Fsp3) is 0.619. The Morgan fingerprint density at radius 2 is 1.63 bits per heavy atom. The molecule has 0 N–H and O–H groups in total. The van der Waals surface area contributed by atoms with Crippen molar-refractivity contribution in [2.75, 3.05) is 6.61 Å². The highest BCUT2D eigenvalue weighted by Crippen LogP contribution is 2.27. The van der Waals surface area contributed by atoms with Crippen LogP contribution in [0.15, 0.2) is 30.8 Å². The molecule has 153 valence electrons. The topological polar surface area (TPSA) is 21.7 Å². The third-order valence-corrected chi connectivity index (χ3v) is 14.3. The third-order valence-electron chi connectivity index (χ3n) is 4.71. The van der Waals surface area contributed by atoms with E-state index in [0.29, 0.717) is 12.6 Å². The van der Waals surface area contributed by atoms with Crippen LogP contribution in [0.5, 0.6) is 0 Å². The Morgan fingerprint density at radius 1 is 1.07 bits per heavy atom. The molecule has 0 heterocycles. The van der Waals surface area contributed by atoms with E-state index >= 15 is 0 Å². The lowest BCUT2D eigenvalue weighted by Gasteiger charge is -2.50. The fourth-order valence-electron chi connectivity index (χ4n) is 4.14. The Hall–Kier alpha value is -0.509. The molecular weight excluding hydrogens is 382 g/mol. The lowest BCUT2D eigenvalue weighted by atomic mass is 10.1. The minimum absolute atomic E-state index is 0.131. The maximum absolute atomic E-state index is 6.68. The molecule has 1 aromatic carbocycles. The average molecular weight is 423 g/mol. The van der Waals surface area contributed by atoms with Crippen LogP contribution in [-0.4, -0.2) is 48.7 Å². The van der Waals surface area contributed by atoms with Crippen molar-refractivity contribution in [3.63, 3.8) is 0 Å². The molecule has 3 nitrogen and oxygen atoms in total. The summed E-state index contributed by atoms with van der Waals surface area (Å²) in [6.07, 6.45) is 3.13. The van der Waals surface area contributed by atoms with Crippen molar-refractivity contribution in [3.8, 4) is 0 Å². The minimum atomic E-state index is -1.56. The Labute approximate surface area is 171 Å². The number of benzene rings is 1. The first-order chi connectivity index (χ1) is 12.5. The van der Waals surface area contributed by atoms with E-state index in [9.17, 15) is 0 Å². The van der Waals surface area contributed by atoms with E-state index < -0.39 is 25.8 Å². The maximum Gasteiger partial charge on any atom is 0.424 e. The van der Waals surface area contributed by atoms with Crippen LogP contribution in [0.1, 0.15) is 32.8 Å². The van der Waals surface area contributed by atoms with Crippen molar-refractivity contribution in [1.29, 1.82) is 0 Å². The normalized spacial score (nSPS) is 15.2. The molecule has 0 amide bonds. The second-order valence-electron chi connectivity index (χ2n) is 9.02. The third kappa shape index (κ3) is 6.80. The Bertz CT molecular complexity index is 582. The lowest BCUT2D eigenvalue weighted by Crippen LogP contribution is -2.66. The summed E-state index contributed by atoms with van der Waals surface area (Å²) in [6, 6.07) is 8.76. The predicted octanol–water partition coefficient (Wildman–Crippen LogP) is 5.22. The van der Waals surface area contributed by atoms with Crippen LogP contribution in [0.2, 0.25) is 39.3 Å². The smallest absolute Gasteiger partial charge is 0.390 e. The van der Waals surface area contributed by atoms with Crippen LogP contribution in [0.25, 0.3) is 6.08 Å². The van der Waals surface area contributed by atoms with Crippen molar-refractivity contribution < 1.29 is 8.85 Å². The summed E-state index contributed by atoms with van der Waals surface area (Å²) in [5, 5.41) is 1.16. The summed E-state index contributed by atoms with van der Waals surface area (Å²) in [6.45, 7) is 26.0. The van der Waals surface area contributed by atoms with Crippen molar-refractivity contribution in [3.05, 3.63) is 36.4 Å². The van der Waals surface area contributed by atoms with Crippen LogP contribution in [0.4, 0.5) is 0 Å². The molecule has 0 aliphatic carbocycles. The van der Waals surface area contributed by atoms with Crippen molar-refractivity contribution in [1.82, 2.24) is 4.23 Å². The highest BCUT2D eigenvalue weighted by atomic mass is 28.4. The molecule has 2 atom stereocenters. The van der Waals surface area contributed by atoms with E-state index in [1.807, 2.05) is 19.1 Å². The monoisotopic (exact) mass is 422 g/mol. The summed E-state index contributed by atoms with van der Waals surface area (Å²) < 4.78 is 15.7. The molecule has 0 spiro atoms. The molecule has 0 aliphatic heterocycles. The molecular formula is C21H40NO2Si3. The molecule has 2 unspecified atom stereocenters. The summed E-state index contributed by atoms with van der Waals surface area (Å²) >= 11 is 0. The van der Waals surface area contributed by atoms with Gasteiger partial charge in [-0.1, -0.05) is 83.1 Å². The van der Waals surface area contributed by atoms with E-state index in [1.165, 1.54) is 0 Å². The van der Waals surface area contributed by atoms with Crippen molar-refractivity contribution >= 4 is 37.0 Å². The predicted molar refractivity (Wildman–Crippen MR) is 127 cm³/mol. The van der Waals surface area contributed by atoms with E-state index in [1.54, 1.807) is 0 Å². The Balaban J connectivity index is 3.18. The van der Waals surface area contributed by atoms with E-state index in [4.69, 9.17) is 8.85 Å². The van der Waals surface area contributed by atoms with Gasteiger partial charge in [0.05, 0.1) is 6.10 Å². The molecule has 0 saturated carbocycles. The van der Waals surface area contributed by atoms with Gasteiger partial charge in [-0.2, -0.15) is 0 Å². The highest BCUT2D eigenvalue weighted by molar-refractivity contribution is 6.89. The first kappa shape index (κ1) is 24.5. The zero-order valence-corrected chi connectivity index (χ0v) is 21.9. The molecule has 0 fully saturated rings. The second-order valence-corrected chi connectivity index (χ2v) is 20.8. The van der Waals surface area contributed by atoms with Crippen LogP contribution in [0.3, 0.4) is 0 Å². The van der Waals surface area contributed by atoms with Gasteiger partial charge in [0.2, 0.25) is 0 Å². The first-order valence-corrected chi connectivity index (χ1v) is 18.4. The Kier molecular flexibility index (Phi) is 9.38. The molecule has 0 saturated heterocycles. The van der Waals surface area contributed by atoms with E-state index in [2.05, 4.69) is 82.1 Å². The largest absolute Gasteiger partial charge is 0.424 e. The van der Waals surface area contributed by atoms with Crippen molar-refractivity contribution in [2.24, 2.45) is 0 Å². The van der Waals surface area contributed by atoms with Crippen LogP contribution in [-0.2, 0) is 8.85 Å². The second kappa shape index (κ2) is 10.3. The zero-order chi connectivity index (χ0) is 20.8. The standard InChI is InChI=1S/C21H40NO2Si3/c1-11-19-16-14-15-17-21(19)25(23-13-3)24-18(4)20(12-2)22(26(5,6)7)27(8,9)10/h11,14-18,20H,1,12-13H2,2-10H3. The lowest BCUT2D eigenvalue weighted by molar-refractivity contribution is 0.110. The summed E-state index contributed by atoms with van der Waals surface area (Å²) in [4.78, 5) is 0. The fourth-order valence-corrected chi connectivity index (χ4v) is 16.7. The van der Waals surface area contributed by atoms with Gasteiger partial charge in [0.25, 0.3) is 0 Å². The van der Waals surface area contributed by atoms with Gasteiger partial charge >= 0.3 is 9.28 Å². The van der Waals surface area contributed by atoms with Gasteiger partial charge in [-0.3, -0.25) is 0 Å². The van der Waals surface area contributed by atoms with Gasteiger partial charge in [-0.15, -0.1) is 0 Å². The Morgan fingerprint density at radius 3 is 2.07 bits per heavy atom. The van der Waals surface area contributed by atoms with E-state index in [0.717, 1.165) is 17.2 Å². The van der Waals surface area contributed by atoms with Gasteiger partial charge in [-0.05, 0) is 25.8 Å². The molecule has 0 aliphatic rings. The SMILES string of the molecule is C=Cc1ccccc1[Si](OCC)OC(C)C(CC)N([Si](C)(C)C)[Si](C)(C)C. The summed E-state index contributed by atoms with van der Waals surface area (Å²) in [5.74, 6) is 0. The summed E-state index contributed by atoms with van der Waals surface area (Å²) in [5.41, 5.74) is 1.12. The molecule has 27 heavy (non-hydrogen) atoms. The molecule has 1 rings (SSSR count). The van der Waals surface area contributed by atoms with Gasteiger partial charge in [0.1, 0.15) is 16.5 Å². The zero-order valence-electron chi connectivity index (χ0n) is 18.9. The quantitative estimate of drug-likeness (QED) is 0.456. The molecule has 1 radical (unpaired) electrons. The molecule has 0 aromatic heterocycles. The van der Waals surface area contributed by atoms with E-state index in [-0.39, 0.29) is 6.10 Å². The van der Waals surface area contributed by atoms with Crippen LogP contribution >= 0.6 is 0 Å². The number of nitrogens with zero attached hydrogens (tertiary/aromatic N) is 1. The highest BCUT2D eigenvalue weighted by Gasteiger charge is 2.41. The minimum Gasteiger partial charge on any atom is -0.390 e. The van der Waals surface area contributed by atoms with Gasteiger partial charge in [0, 0.05) is 17.8 Å². The molecule has 1 aromatic rings. The maximum atomic E-state index is 6.68. The van der Waals surface area contributed by atoms with Crippen molar-refractivity contribution in [2.45, 2.75) is 78.6 Å². The summed E-state index contributed by atoms with van der Waals surface area (Å²) in [7, 11) is -4.49.